The molecule has 0 spiro atoms. The van der Waals surface area contributed by atoms with E-state index in [9.17, 15) is 9.59 Å². The number of hydrogen-bond donors (Lipinski definition) is 1. The number of carboxylic acids is 1. The van der Waals surface area contributed by atoms with E-state index in [0.29, 0.717) is 5.56 Å². The summed E-state index contributed by atoms with van der Waals surface area (Å²) in [7, 11) is 3.48. The second-order valence-electron chi connectivity index (χ2n) is 3.89. The van der Waals surface area contributed by atoms with Crippen molar-refractivity contribution in [3.8, 4) is 0 Å². The maximum absolute atomic E-state index is 11.4. The summed E-state index contributed by atoms with van der Waals surface area (Å²) >= 11 is 0. The fraction of sp³-hybridized carbons (Fsp3) is 0.333. The summed E-state index contributed by atoms with van der Waals surface area (Å²) < 4.78 is 0. The highest BCUT2D eigenvalue weighted by Crippen LogP contribution is 2.12. The molecular formula is C12H16N2O3. The molecule has 1 N–H and O–H groups in total. The zero-order chi connectivity index (χ0) is 13.0. The van der Waals surface area contributed by atoms with Crippen LogP contribution < -0.4 is 0 Å². The first-order valence-electron chi connectivity index (χ1n) is 5.20. The number of carbonyl (C=O) groups is 2. The van der Waals surface area contributed by atoms with Crippen LogP contribution >= 0.6 is 0 Å². The molecule has 0 radical (unpaired) electrons. The molecule has 1 rings (SSSR count). The summed E-state index contributed by atoms with van der Waals surface area (Å²) in [5, 5.41) is 12.2. The van der Waals surface area contributed by atoms with E-state index in [1.54, 1.807) is 37.3 Å². The van der Waals surface area contributed by atoms with Gasteiger partial charge in [-0.15, -0.1) is 0 Å². The molecule has 0 atom stereocenters. The Morgan fingerprint density at radius 3 is 2.29 bits per heavy atom. The lowest BCUT2D eigenvalue weighted by Crippen LogP contribution is -2.40. The fourth-order valence-electron chi connectivity index (χ4n) is 1.56. The molecule has 0 heterocycles. The second kappa shape index (κ2) is 5.45. The summed E-state index contributed by atoms with van der Waals surface area (Å²) in [6, 6.07) is 6.67. The van der Waals surface area contributed by atoms with Gasteiger partial charge in [0.1, 0.15) is 0 Å². The van der Waals surface area contributed by atoms with Crippen molar-refractivity contribution in [2.75, 3.05) is 14.1 Å². The Bertz CT molecular complexity index is 430. The highest BCUT2D eigenvalue weighted by Gasteiger charge is 2.16. The van der Waals surface area contributed by atoms with Gasteiger partial charge in [0.2, 0.25) is 5.91 Å². The second-order valence-corrected chi connectivity index (χ2v) is 3.89. The molecule has 0 saturated heterocycles. The van der Waals surface area contributed by atoms with Crippen molar-refractivity contribution in [2.24, 2.45) is 0 Å². The van der Waals surface area contributed by atoms with Gasteiger partial charge in [0, 0.05) is 21.0 Å². The molecule has 17 heavy (non-hydrogen) atoms. The molecule has 1 aromatic rings. The number of hydrogen-bond acceptors (Lipinski definition) is 3. The summed E-state index contributed by atoms with van der Waals surface area (Å²) in [6.07, 6.45) is 0. The molecule has 0 aliphatic rings. The fourth-order valence-corrected chi connectivity index (χ4v) is 1.56. The van der Waals surface area contributed by atoms with Crippen LogP contribution in [0.1, 0.15) is 22.8 Å². The molecule has 0 aromatic heterocycles. The van der Waals surface area contributed by atoms with Gasteiger partial charge in [0.15, 0.2) is 0 Å². The van der Waals surface area contributed by atoms with Crippen molar-refractivity contribution in [3.63, 3.8) is 0 Å². The smallest absolute Gasteiger partial charge is 0.336 e. The Labute approximate surface area is 100 Å². The van der Waals surface area contributed by atoms with Crippen LogP contribution in [0.25, 0.3) is 0 Å². The Morgan fingerprint density at radius 2 is 1.82 bits per heavy atom. The van der Waals surface area contributed by atoms with Crippen LogP contribution in [0.15, 0.2) is 24.3 Å². The highest BCUT2D eigenvalue weighted by molar-refractivity contribution is 5.89. The van der Waals surface area contributed by atoms with E-state index in [-0.39, 0.29) is 18.0 Å². The predicted octanol–water partition coefficient (Wildman–Crippen LogP) is 1.21. The van der Waals surface area contributed by atoms with Crippen molar-refractivity contribution < 1.29 is 14.7 Å². The van der Waals surface area contributed by atoms with E-state index < -0.39 is 5.97 Å². The molecule has 1 aromatic carbocycles. The first-order valence-corrected chi connectivity index (χ1v) is 5.20. The van der Waals surface area contributed by atoms with Crippen LogP contribution in [0, 0.1) is 0 Å². The van der Waals surface area contributed by atoms with Gasteiger partial charge < -0.3 is 5.11 Å². The van der Waals surface area contributed by atoms with Crippen LogP contribution in [0.4, 0.5) is 0 Å². The lowest BCUT2D eigenvalue weighted by atomic mass is 10.1. The molecular weight excluding hydrogens is 220 g/mol. The Balaban J connectivity index is 3.01. The molecule has 92 valence electrons. The third-order valence-electron chi connectivity index (χ3n) is 2.41. The van der Waals surface area contributed by atoms with Crippen molar-refractivity contribution in [1.29, 1.82) is 0 Å². The van der Waals surface area contributed by atoms with Gasteiger partial charge in [-0.05, 0) is 11.6 Å². The summed E-state index contributed by atoms with van der Waals surface area (Å²) in [5.41, 5.74) is 0.838. The van der Waals surface area contributed by atoms with E-state index in [2.05, 4.69) is 0 Å². The lowest BCUT2D eigenvalue weighted by Gasteiger charge is -2.28. The van der Waals surface area contributed by atoms with E-state index in [1.807, 2.05) is 0 Å². The van der Waals surface area contributed by atoms with Gasteiger partial charge in [-0.3, -0.25) is 9.80 Å². The zero-order valence-electron chi connectivity index (χ0n) is 10.2. The first kappa shape index (κ1) is 13.2. The van der Waals surface area contributed by atoms with Gasteiger partial charge in [-0.25, -0.2) is 9.80 Å². The molecule has 0 aliphatic heterocycles. The van der Waals surface area contributed by atoms with E-state index in [0.717, 1.165) is 0 Å². The monoisotopic (exact) mass is 236 g/mol. The number of amides is 1. The quantitative estimate of drug-likeness (QED) is 0.798. The van der Waals surface area contributed by atoms with Crippen LogP contribution in [0.2, 0.25) is 0 Å². The lowest BCUT2D eigenvalue weighted by molar-refractivity contribution is -0.143. The molecule has 1 amide bonds. The van der Waals surface area contributed by atoms with Crippen LogP contribution in [-0.2, 0) is 11.3 Å². The van der Waals surface area contributed by atoms with Crippen molar-refractivity contribution in [2.45, 2.75) is 13.5 Å². The van der Waals surface area contributed by atoms with Gasteiger partial charge in [0.25, 0.3) is 0 Å². The average Bonchev–Trinajstić information content (AvgIpc) is 2.25. The standard InChI is InChI=1S/C12H16N2O3/c1-9(15)14(13(2)3)8-10-6-4-5-7-11(10)12(16)17/h4-7H,8H2,1-3H3,(H,16,17). The molecule has 0 unspecified atom stereocenters. The van der Waals surface area contributed by atoms with Crippen LogP contribution in [0.5, 0.6) is 0 Å². The van der Waals surface area contributed by atoms with E-state index in [4.69, 9.17) is 5.11 Å². The van der Waals surface area contributed by atoms with Crippen LogP contribution in [0.3, 0.4) is 0 Å². The SMILES string of the molecule is CC(=O)N(Cc1ccccc1C(=O)O)N(C)C. The third-order valence-corrected chi connectivity index (χ3v) is 2.41. The largest absolute Gasteiger partial charge is 0.478 e. The minimum absolute atomic E-state index is 0.129. The molecule has 5 heteroatoms. The Hall–Kier alpha value is -1.88. The number of nitrogens with zero attached hydrogens (tertiary/aromatic N) is 2. The normalized spacial score (nSPS) is 10.4. The number of carboxylic acid groups (broad SMARTS) is 1. The molecule has 0 fully saturated rings. The zero-order valence-corrected chi connectivity index (χ0v) is 10.2. The minimum Gasteiger partial charge on any atom is -0.478 e. The van der Waals surface area contributed by atoms with Gasteiger partial charge in [-0.1, -0.05) is 18.2 Å². The van der Waals surface area contributed by atoms with Gasteiger partial charge >= 0.3 is 5.97 Å². The number of aromatic carboxylic acids is 1. The Kier molecular flexibility index (Phi) is 4.23. The van der Waals surface area contributed by atoms with Gasteiger partial charge in [-0.2, -0.15) is 0 Å². The molecule has 0 bridgehead atoms. The maximum Gasteiger partial charge on any atom is 0.336 e. The van der Waals surface area contributed by atoms with Crippen molar-refractivity contribution in [1.82, 2.24) is 10.0 Å². The number of hydrazine groups is 1. The molecule has 5 nitrogen and oxygen atoms in total. The average molecular weight is 236 g/mol. The van der Waals surface area contributed by atoms with Crippen LogP contribution in [-0.4, -0.2) is 41.1 Å². The Morgan fingerprint density at radius 1 is 1.24 bits per heavy atom. The first-order chi connectivity index (χ1) is 7.93. The molecule has 0 saturated carbocycles. The minimum atomic E-state index is -0.983. The maximum atomic E-state index is 11.4. The topological polar surface area (TPSA) is 60.9 Å². The van der Waals surface area contributed by atoms with Crippen molar-refractivity contribution >= 4 is 11.9 Å². The summed E-state index contributed by atoms with van der Waals surface area (Å²) in [6.45, 7) is 1.70. The number of rotatable bonds is 4. The van der Waals surface area contributed by atoms with Crippen molar-refractivity contribution in [3.05, 3.63) is 35.4 Å². The summed E-state index contributed by atoms with van der Waals surface area (Å²) in [5.74, 6) is -1.11. The highest BCUT2D eigenvalue weighted by atomic mass is 16.4. The summed E-state index contributed by atoms with van der Waals surface area (Å²) in [4.78, 5) is 22.4. The predicted molar refractivity (Wildman–Crippen MR) is 63.3 cm³/mol. The van der Waals surface area contributed by atoms with E-state index >= 15 is 0 Å². The van der Waals surface area contributed by atoms with Gasteiger partial charge in [0.05, 0.1) is 12.1 Å². The molecule has 0 aliphatic carbocycles. The van der Waals surface area contributed by atoms with E-state index in [1.165, 1.54) is 18.0 Å². The third kappa shape index (κ3) is 3.29. The number of benzene rings is 1. The number of carbonyl (C=O) groups excluding carboxylic acids is 1.